The summed E-state index contributed by atoms with van der Waals surface area (Å²) in [6.07, 6.45) is 0. The fraction of sp³-hybridized carbons (Fsp3) is 0.222. The maximum absolute atomic E-state index is 12.7. The van der Waals surface area contributed by atoms with Gasteiger partial charge in [-0.2, -0.15) is 8.78 Å². The van der Waals surface area contributed by atoms with E-state index < -0.39 is 16.9 Å². The molecule has 0 aliphatic rings. The van der Waals surface area contributed by atoms with Crippen molar-refractivity contribution in [2.24, 2.45) is 0 Å². The molecule has 0 spiro atoms. The molecule has 0 aliphatic heterocycles. The van der Waals surface area contributed by atoms with Crippen LogP contribution in [-0.4, -0.2) is 13.1 Å². The average molecular weight is 236 g/mol. The van der Waals surface area contributed by atoms with E-state index in [1.165, 1.54) is 6.07 Å². The SMILES string of the molecule is COC(=O)c1cc(N)cc(C(F)(F)Cl)c1. The second kappa shape index (κ2) is 4.02. The molecule has 0 unspecified atom stereocenters. The van der Waals surface area contributed by atoms with Crippen molar-refractivity contribution in [3.05, 3.63) is 29.3 Å². The Labute approximate surface area is 89.8 Å². The van der Waals surface area contributed by atoms with Crippen molar-refractivity contribution >= 4 is 23.3 Å². The Balaban J connectivity index is 3.23. The summed E-state index contributed by atoms with van der Waals surface area (Å²) in [5.74, 6) is -0.746. The summed E-state index contributed by atoms with van der Waals surface area (Å²) in [5.41, 5.74) is 4.77. The first-order valence-corrected chi connectivity index (χ1v) is 4.28. The van der Waals surface area contributed by atoms with E-state index in [0.717, 1.165) is 19.2 Å². The second-order valence-corrected chi connectivity index (χ2v) is 3.31. The highest BCUT2D eigenvalue weighted by atomic mass is 35.5. The summed E-state index contributed by atoms with van der Waals surface area (Å²) < 4.78 is 29.9. The molecular formula is C9H8ClF2NO2. The molecule has 82 valence electrons. The number of rotatable bonds is 2. The predicted octanol–water partition coefficient (Wildman–Crippen LogP) is 2.34. The first-order chi connectivity index (χ1) is 6.84. The molecule has 1 aromatic rings. The fourth-order valence-corrected chi connectivity index (χ4v) is 1.16. The Kier molecular flexibility index (Phi) is 3.14. The molecule has 0 atom stereocenters. The number of alkyl halides is 3. The van der Waals surface area contributed by atoms with Crippen molar-refractivity contribution < 1.29 is 18.3 Å². The Morgan fingerprint density at radius 1 is 1.47 bits per heavy atom. The summed E-state index contributed by atoms with van der Waals surface area (Å²) in [6.45, 7) is 0. The minimum absolute atomic E-state index is 0.0215. The van der Waals surface area contributed by atoms with Gasteiger partial charge in [0.15, 0.2) is 0 Å². The number of carbonyl (C=O) groups excluding carboxylic acids is 1. The molecule has 3 nitrogen and oxygen atoms in total. The highest BCUT2D eigenvalue weighted by Gasteiger charge is 2.29. The van der Waals surface area contributed by atoms with Crippen LogP contribution in [0.25, 0.3) is 0 Å². The smallest absolute Gasteiger partial charge is 0.348 e. The molecule has 0 aromatic heterocycles. The number of nitrogen functional groups attached to an aromatic ring is 1. The number of hydrogen-bond donors (Lipinski definition) is 1. The Morgan fingerprint density at radius 2 is 2.07 bits per heavy atom. The quantitative estimate of drug-likeness (QED) is 0.486. The van der Waals surface area contributed by atoms with Crippen LogP contribution in [0, 0.1) is 0 Å². The van der Waals surface area contributed by atoms with E-state index in [1.54, 1.807) is 0 Å². The normalized spacial score (nSPS) is 11.2. The van der Waals surface area contributed by atoms with Crippen molar-refractivity contribution in [2.75, 3.05) is 12.8 Å². The maximum Gasteiger partial charge on any atom is 0.348 e. The van der Waals surface area contributed by atoms with Crippen molar-refractivity contribution in [3.63, 3.8) is 0 Å². The lowest BCUT2D eigenvalue weighted by molar-refractivity contribution is 0.0599. The maximum atomic E-state index is 12.7. The summed E-state index contributed by atoms with van der Waals surface area (Å²) in [7, 11) is 1.14. The van der Waals surface area contributed by atoms with E-state index in [2.05, 4.69) is 4.74 Å². The van der Waals surface area contributed by atoms with E-state index in [0.29, 0.717) is 0 Å². The van der Waals surface area contributed by atoms with Crippen molar-refractivity contribution in [3.8, 4) is 0 Å². The third-order valence-electron chi connectivity index (χ3n) is 1.70. The summed E-state index contributed by atoms with van der Waals surface area (Å²) >= 11 is 4.81. The van der Waals surface area contributed by atoms with Gasteiger partial charge in [0.25, 0.3) is 0 Å². The van der Waals surface area contributed by atoms with Crippen LogP contribution in [-0.2, 0) is 10.1 Å². The zero-order valence-corrected chi connectivity index (χ0v) is 8.52. The van der Waals surface area contributed by atoms with E-state index >= 15 is 0 Å². The van der Waals surface area contributed by atoms with Gasteiger partial charge in [-0.1, -0.05) is 0 Å². The molecule has 15 heavy (non-hydrogen) atoms. The number of carbonyl (C=O) groups is 1. The zero-order valence-electron chi connectivity index (χ0n) is 7.76. The number of anilines is 1. The first-order valence-electron chi connectivity index (χ1n) is 3.90. The number of nitrogens with two attached hydrogens (primary N) is 1. The number of halogens is 3. The molecule has 0 bridgehead atoms. The third kappa shape index (κ3) is 2.79. The zero-order chi connectivity index (χ0) is 11.6. The van der Waals surface area contributed by atoms with Crippen LogP contribution in [0.2, 0.25) is 0 Å². The topological polar surface area (TPSA) is 52.3 Å². The van der Waals surface area contributed by atoms with Gasteiger partial charge in [-0.25, -0.2) is 4.79 Å². The van der Waals surface area contributed by atoms with Crippen LogP contribution < -0.4 is 5.73 Å². The number of ether oxygens (including phenoxy) is 1. The van der Waals surface area contributed by atoms with Crippen LogP contribution in [0.3, 0.4) is 0 Å². The lowest BCUT2D eigenvalue weighted by atomic mass is 10.1. The Morgan fingerprint density at radius 3 is 2.53 bits per heavy atom. The van der Waals surface area contributed by atoms with Gasteiger partial charge in [-0.05, 0) is 29.8 Å². The van der Waals surface area contributed by atoms with Crippen LogP contribution in [0.4, 0.5) is 14.5 Å². The highest BCUT2D eigenvalue weighted by Crippen LogP contribution is 2.33. The van der Waals surface area contributed by atoms with E-state index in [9.17, 15) is 13.6 Å². The van der Waals surface area contributed by atoms with Crippen molar-refractivity contribution in [1.82, 2.24) is 0 Å². The molecule has 0 amide bonds. The minimum atomic E-state index is -3.56. The molecule has 0 saturated carbocycles. The van der Waals surface area contributed by atoms with E-state index in [-0.39, 0.29) is 11.3 Å². The number of benzene rings is 1. The Hall–Kier alpha value is -1.36. The van der Waals surface area contributed by atoms with Gasteiger partial charge in [0.1, 0.15) is 0 Å². The van der Waals surface area contributed by atoms with Gasteiger partial charge < -0.3 is 10.5 Å². The molecule has 1 rings (SSSR count). The lowest BCUT2D eigenvalue weighted by Gasteiger charge is -2.10. The fourth-order valence-electron chi connectivity index (χ4n) is 1.05. The van der Waals surface area contributed by atoms with Gasteiger partial charge in [-0.15, -0.1) is 0 Å². The van der Waals surface area contributed by atoms with E-state index in [4.69, 9.17) is 17.3 Å². The van der Waals surface area contributed by atoms with Crippen LogP contribution in [0.1, 0.15) is 15.9 Å². The molecule has 0 saturated heterocycles. The van der Waals surface area contributed by atoms with Crippen molar-refractivity contribution in [1.29, 1.82) is 0 Å². The summed E-state index contributed by atoms with van der Waals surface area (Å²) in [5, 5.41) is -3.56. The largest absolute Gasteiger partial charge is 0.465 e. The molecule has 6 heteroatoms. The molecular weight excluding hydrogens is 228 g/mol. The van der Waals surface area contributed by atoms with Crippen LogP contribution in [0.5, 0.6) is 0 Å². The molecule has 0 heterocycles. The second-order valence-electron chi connectivity index (χ2n) is 2.83. The van der Waals surface area contributed by atoms with Gasteiger partial charge in [-0.3, -0.25) is 0 Å². The number of esters is 1. The van der Waals surface area contributed by atoms with Gasteiger partial charge in [0.2, 0.25) is 0 Å². The lowest BCUT2D eigenvalue weighted by Crippen LogP contribution is -2.08. The van der Waals surface area contributed by atoms with E-state index in [1.807, 2.05) is 0 Å². The monoisotopic (exact) mass is 235 g/mol. The molecule has 1 aromatic carbocycles. The Bertz CT molecular complexity index is 390. The predicted molar refractivity (Wildman–Crippen MR) is 51.9 cm³/mol. The van der Waals surface area contributed by atoms with Crippen LogP contribution >= 0.6 is 11.6 Å². The number of hydrogen-bond acceptors (Lipinski definition) is 3. The van der Waals surface area contributed by atoms with Gasteiger partial charge in [0.05, 0.1) is 12.7 Å². The third-order valence-corrected chi connectivity index (χ3v) is 1.92. The van der Waals surface area contributed by atoms with Crippen molar-refractivity contribution in [2.45, 2.75) is 5.38 Å². The molecule has 0 radical (unpaired) electrons. The van der Waals surface area contributed by atoms with Gasteiger partial charge >= 0.3 is 11.4 Å². The average Bonchev–Trinajstić information content (AvgIpc) is 2.14. The minimum Gasteiger partial charge on any atom is -0.465 e. The number of methoxy groups -OCH3 is 1. The highest BCUT2D eigenvalue weighted by molar-refractivity contribution is 6.21. The first kappa shape index (κ1) is 11.7. The van der Waals surface area contributed by atoms with Gasteiger partial charge in [0, 0.05) is 11.3 Å². The molecule has 0 fully saturated rings. The van der Waals surface area contributed by atoms with Crippen LogP contribution in [0.15, 0.2) is 18.2 Å². The summed E-state index contributed by atoms with van der Waals surface area (Å²) in [6, 6.07) is 3.17. The molecule has 2 N–H and O–H groups in total. The molecule has 0 aliphatic carbocycles. The standard InChI is InChI=1S/C9H8ClF2NO2/c1-15-8(14)5-2-6(9(10,11)12)4-7(13)3-5/h2-4H,13H2,1H3. The summed E-state index contributed by atoms with van der Waals surface area (Å²) in [4.78, 5) is 11.1.